The zero-order valence-corrected chi connectivity index (χ0v) is 15.3. The van der Waals surface area contributed by atoms with Gasteiger partial charge >= 0.3 is 0 Å². The zero-order chi connectivity index (χ0) is 16.9. The first-order valence-electron chi connectivity index (χ1n) is 8.65. The number of nitrogens with one attached hydrogen (secondary N) is 1. The fraction of sp³-hybridized carbons (Fsp3) is 0.556. The second-order valence-electron chi connectivity index (χ2n) is 6.65. The summed E-state index contributed by atoms with van der Waals surface area (Å²) in [4.78, 5) is 21.5. The van der Waals surface area contributed by atoms with Gasteiger partial charge in [-0.2, -0.15) is 0 Å². The predicted octanol–water partition coefficient (Wildman–Crippen LogP) is 1.98. The van der Waals surface area contributed by atoms with Gasteiger partial charge in [-0.3, -0.25) is 9.69 Å². The average Bonchev–Trinajstić information content (AvgIpc) is 2.98. The quantitative estimate of drug-likeness (QED) is 0.869. The minimum atomic E-state index is 0.121. The van der Waals surface area contributed by atoms with Gasteiger partial charge in [-0.15, -0.1) is 11.3 Å². The van der Waals surface area contributed by atoms with Crippen molar-refractivity contribution in [3.8, 4) is 0 Å². The lowest BCUT2D eigenvalue weighted by atomic mass is 10.2. The zero-order valence-electron chi connectivity index (χ0n) is 14.5. The first kappa shape index (κ1) is 17.3. The largest absolute Gasteiger partial charge is 0.352 e. The van der Waals surface area contributed by atoms with Crippen LogP contribution in [0.4, 0.5) is 0 Å². The number of hydrogen-bond acceptors (Lipinski definition) is 5. The Bertz CT molecular complexity index is 645. The highest BCUT2D eigenvalue weighted by Gasteiger charge is 2.17. The number of para-hydroxylation sites is 1. The van der Waals surface area contributed by atoms with Crippen molar-refractivity contribution in [1.82, 2.24) is 20.1 Å². The van der Waals surface area contributed by atoms with Gasteiger partial charge in [-0.05, 0) is 26.1 Å². The first-order chi connectivity index (χ1) is 11.6. The molecule has 1 aliphatic heterocycles. The van der Waals surface area contributed by atoms with Crippen molar-refractivity contribution < 1.29 is 4.79 Å². The summed E-state index contributed by atoms with van der Waals surface area (Å²) in [6, 6.07) is 8.31. The van der Waals surface area contributed by atoms with Crippen LogP contribution in [0.2, 0.25) is 0 Å². The summed E-state index contributed by atoms with van der Waals surface area (Å²) in [5.74, 6) is 0.121. The van der Waals surface area contributed by atoms with Crippen LogP contribution in [0.5, 0.6) is 0 Å². The van der Waals surface area contributed by atoms with Crippen molar-refractivity contribution in [3.63, 3.8) is 0 Å². The highest BCUT2D eigenvalue weighted by atomic mass is 32.1. The summed E-state index contributed by atoms with van der Waals surface area (Å²) in [6.45, 7) is 7.41. The van der Waals surface area contributed by atoms with Crippen molar-refractivity contribution >= 4 is 27.5 Å². The molecule has 0 aliphatic carbocycles. The van der Waals surface area contributed by atoms with Crippen LogP contribution in [0.3, 0.4) is 0 Å². The third kappa shape index (κ3) is 4.75. The fourth-order valence-electron chi connectivity index (χ4n) is 3.06. The summed E-state index contributed by atoms with van der Waals surface area (Å²) < 4.78 is 1.19. The average molecular weight is 346 g/mol. The molecule has 1 saturated heterocycles. The van der Waals surface area contributed by atoms with Crippen molar-refractivity contribution in [2.24, 2.45) is 0 Å². The molecule has 6 heteroatoms. The lowest BCUT2D eigenvalue weighted by molar-refractivity contribution is -0.121. The molecular formula is C18H26N4OS. The Morgan fingerprint density at radius 3 is 2.79 bits per heavy atom. The van der Waals surface area contributed by atoms with Gasteiger partial charge in [0.05, 0.1) is 15.2 Å². The van der Waals surface area contributed by atoms with E-state index < -0.39 is 0 Å². The Hall–Kier alpha value is -1.50. The standard InChI is InChI=1S/C18H26N4OS/c1-14(13-22-11-9-21(2)10-12-22)19-17(23)7-8-18-20-15-5-3-4-6-16(15)24-18/h3-6,14H,7-13H2,1-2H3,(H,19,23)/t14-/m0/s1. The minimum absolute atomic E-state index is 0.121. The number of nitrogens with zero attached hydrogens (tertiary/aromatic N) is 3. The number of hydrogen-bond donors (Lipinski definition) is 1. The highest BCUT2D eigenvalue weighted by Crippen LogP contribution is 2.22. The van der Waals surface area contributed by atoms with Gasteiger partial charge in [0.2, 0.25) is 5.91 Å². The number of thiazole rings is 1. The first-order valence-corrected chi connectivity index (χ1v) is 9.46. The fourth-order valence-corrected chi connectivity index (χ4v) is 4.02. The molecule has 1 fully saturated rings. The highest BCUT2D eigenvalue weighted by molar-refractivity contribution is 7.18. The number of aromatic nitrogens is 1. The van der Waals surface area contributed by atoms with Crippen LogP contribution in [-0.2, 0) is 11.2 Å². The third-order valence-corrected chi connectivity index (χ3v) is 5.54. The molecule has 0 radical (unpaired) electrons. The summed E-state index contributed by atoms with van der Waals surface area (Å²) in [5, 5.41) is 4.16. The minimum Gasteiger partial charge on any atom is -0.352 e. The Morgan fingerprint density at radius 2 is 2.04 bits per heavy atom. The predicted molar refractivity (Wildman–Crippen MR) is 99.5 cm³/mol. The van der Waals surface area contributed by atoms with Gasteiger partial charge in [-0.1, -0.05) is 12.1 Å². The summed E-state index contributed by atoms with van der Waals surface area (Å²) in [6.07, 6.45) is 1.22. The maximum absolute atomic E-state index is 12.2. The number of carbonyl (C=O) groups is 1. The van der Waals surface area contributed by atoms with E-state index in [0.29, 0.717) is 12.8 Å². The molecule has 0 unspecified atom stereocenters. The van der Waals surface area contributed by atoms with Gasteiger partial charge in [0, 0.05) is 51.6 Å². The molecule has 1 aliphatic rings. The van der Waals surface area contributed by atoms with Crippen molar-refractivity contribution in [3.05, 3.63) is 29.3 Å². The maximum Gasteiger partial charge on any atom is 0.220 e. The van der Waals surface area contributed by atoms with Crippen LogP contribution >= 0.6 is 11.3 Å². The van der Waals surface area contributed by atoms with E-state index in [-0.39, 0.29) is 11.9 Å². The second-order valence-corrected chi connectivity index (χ2v) is 7.76. The molecule has 2 heterocycles. The van der Waals surface area contributed by atoms with E-state index in [2.05, 4.69) is 40.1 Å². The van der Waals surface area contributed by atoms with E-state index in [1.165, 1.54) is 4.70 Å². The Kier molecular flexibility index (Phi) is 5.81. The summed E-state index contributed by atoms with van der Waals surface area (Å²) in [7, 11) is 2.16. The molecular weight excluding hydrogens is 320 g/mol. The van der Waals surface area contributed by atoms with Crippen LogP contribution in [0.1, 0.15) is 18.4 Å². The topological polar surface area (TPSA) is 48.5 Å². The van der Waals surface area contributed by atoms with Crippen LogP contribution in [0, 0.1) is 0 Å². The molecule has 1 N–H and O–H groups in total. The lowest BCUT2D eigenvalue weighted by Crippen LogP contribution is -2.49. The van der Waals surface area contributed by atoms with E-state index in [1.807, 2.05) is 18.2 Å². The molecule has 3 rings (SSSR count). The summed E-state index contributed by atoms with van der Waals surface area (Å²) >= 11 is 1.68. The van der Waals surface area contributed by atoms with Crippen molar-refractivity contribution in [2.45, 2.75) is 25.8 Å². The van der Waals surface area contributed by atoms with Gasteiger partial charge in [0.25, 0.3) is 0 Å². The molecule has 5 nitrogen and oxygen atoms in total. The molecule has 0 bridgehead atoms. The molecule has 1 amide bonds. The van der Waals surface area contributed by atoms with E-state index in [4.69, 9.17) is 0 Å². The van der Waals surface area contributed by atoms with Gasteiger partial charge in [0.1, 0.15) is 0 Å². The van der Waals surface area contributed by atoms with Gasteiger partial charge in [-0.25, -0.2) is 4.98 Å². The third-order valence-electron chi connectivity index (χ3n) is 4.44. The number of amides is 1. The van der Waals surface area contributed by atoms with Crippen LogP contribution < -0.4 is 5.32 Å². The number of aryl methyl sites for hydroxylation is 1. The number of piperazine rings is 1. The second kappa shape index (κ2) is 8.05. The monoisotopic (exact) mass is 346 g/mol. The molecule has 1 atom stereocenters. The van der Waals surface area contributed by atoms with E-state index in [9.17, 15) is 4.79 Å². The van der Waals surface area contributed by atoms with Crippen molar-refractivity contribution in [2.75, 3.05) is 39.8 Å². The van der Waals surface area contributed by atoms with Crippen LogP contribution in [0.25, 0.3) is 10.2 Å². The SMILES string of the molecule is C[C@@H](CN1CCN(C)CC1)NC(=O)CCc1nc2ccccc2s1. The van der Waals surface area contributed by atoms with Crippen LogP contribution in [-0.4, -0.2) is 66.5 Å². The van der Waals surface area contributed by atoms with Gasteiger partial charge < -0.3 is 10.2 Å². The Labute approximate surface area is 147 Å². The number of carbonyl (C=O) groups excluding carboxylic acids is 1. The number of rotatable bonds is 6. The van der Waals surface area contributed by atoms with Crippen LogP contribution in [0.15, 0.2) is 24.3 Å². The van der Waals surface area contributed by atoms with E-state index in [1.54, 1.807) is 11.3 Å². The molecule has 1 aromatic carbocycles. The number of likely N-dealkylation sites (N-methyl/N-ethyl adjacent to an activating group) is 1. The molecule has 2 aromatic rings. The molecule has 24 heavy (non-hydrogen) atoms. The summed E-state index contributed by atoms with van der Waals surface area (Å²) in [5.41, 5.74) is 1.03. The lowest BCUT2D eigenvalue weighted by Gasteiger charge is -2.34. The number of fused-ring (bicyclic) bond motifs is 1. The van der Waals surface area contributed by atoms with Crippen molar-refractivity contribution in [1.29, 1.82) is 0 Å². The Morgan fingerprint density at radius 1 is 1.29 bits per heavy atom. The van der Waals surface area contributed by atoms with E-state index >= 15 is 0 Å². The number of benzene rings is 1. The molecule has 0 saturated carbocycles. The normalized spacial score (nSPS) is 17.9. The molecule has 130 valence electrons. The van der Waals surface area contributed by atoms with Gasteiger partial charge in [0.15, 0.2) is 0 Å². The maximum atomic E-state index is 12.2. The smallest absolute Gasteiger partial charge is 0.220 e. The van der Waals surface area contributed by atoms with E-state index in [0.717, 1.165) is 43.2 Å². The molecule has 0 spiro atoms. The Balaban J connectivity index is 1.41. The molecule has 1 aromatic heterocycles.